The molecule has 2 aromatic carbocycles. The molecular formula is C23H24BrN3O4. The van der Waals surface area contributed by atoms with Crippen LogP contribution in [0.2, 0.25) is 0 Å². The maximum Gasteiger partial charge on any atom is 0.261 e. The normalized spacial score (nSPS) is 12.7. The first-order chi connectivity index (χ1) is 14.8. The molecule has 0 aliphatic carbocycles. The standard InChI is InChI=1S/C23H24BrN3O4/c1-3-11-26(14-20(28)25-19-7-5-4-6-15(19)2)21(29)10-12-27-22(30)17-9-8-16(24)13-18(17)23(27)31/h4-9,13H,3,10-12,14H2,1-2H3,(H,25,28). The van der Waals surface area contributed by atoms with E-state index in [1.54, 1.807) is 24.3 Å². The second-order valence-corrected chi connectivity index (χ2v) is 8.30. The van der Waals surface area contributed by atoms with Crippen LogP contribution < -0.4 is 5.32 Å². The van der Waals surface area contributed by atoms with Crippen molar-refractivity contribution in [1.29, 1.82) is 0 Å². The van der Waals surface area contributed by atoms with E-state index in [0.717, 1.165) is 10.5 Å². The molecule has 0 saturated carbocycles. The van der Waals surface area contributed by atoms with Crippen LogP contribution in [-0.4, -0.2) is 53.1 Å². The lowest BCUT2D eigenvalue weighted by atomic mass is 10.1. The van der Waals surface area contributed by atoms with Gasteiger partial charge in [-0.25, -0.2) is 0 Å². The molecule has 7 nitrogen and oxygen atoms in total. The van der Waals surface area contributed by atoms with Crippen LogP contribution in [0, 0.1) is 6.92 Å². The molecule has 0 spiro atoms. The van der Waals surface area contributed by atoms with Gasteiger partial charge in [0.15, 0.2) is 0 Å². The maximum atomic E-state index is 12.8. The molecule has 0 radical (unpaired) electrons. The van der Waals surface area contributed by atoms with Gasteiger partial charge >= 0.3 is 0 Å². The van der Waals surface area contributed by atoms with Crippen LogP contribution in [0.3, 0.4) is 0 Å². The SMILES string of the molecule is CCCN(CC(=O)Nc1ccccc1C)C(=O)CCN1C(=O)c2ccc(Br)cc2C1=O. The highest BCUT2D eigenvalue weighted by Gasteiger charge is 2.35. The van der Waals surface area contributed by atoms with Crippen LogP contribution in [-0.2, 0) is 9.59 Å². The second-order valence-electron chi connectivity index (χ2n) is 7.38. The minimum absolute atomic E-state index is 0.0254. The fraction of sp³-hybridized carbons (Fsp3) is 0.304. The number of para-hydroxylation sites is 1. The zero-order valence-corrected chi connectivity index (χ0v) is 19.1. The van der Waals surface area contributed by atoms with E-state index in [4.69, 9.17) is 0 Å². The third-order valence-electron chi connectivity index (χ3n) is 5.08. The van der Waals surface area contributed by atoms with Crippen LogP contribution in [0.15, 0.2) is 46.9 Å². The topological polar surface area (TPSA) is 86.8 Å². The molecule has 0 saturated heterocycles. The molecule has 0 atom stereocenters. The first-order valence-corrected chi connectivity index (χ1v) is 10.9. The molecule has 0 fully saturated rings. The van der Waals surface area contributed by atoms with Crippen molar-refractivity contribution in [2.24, 2.45) is 0 Å². The van der Waals surface area contributed by atoms with Gasteiger partial charge in [-0.3, -0.25) is 24.1 Å². The first kappa shape index (κ1) is 22.7. The summed E-state index contributed by atoms with van der Waals surface area (Å²) in [5, 5.41) is 2.83. The number of hydrogen-bond donors (Lipinski definition) is 1. The summed E-state index contributed by atoms with van der Waals surface area (Å²) in [4.78, 5) is 52.9. The number of carbonyl (C=O) groups is 4. The smallest absolute Gasteiger partial charge is 0.261 e. The molecular weight excluding hydrogens is 462 g/mol. The summed E-state index contributed by atoms with van der Waals surface area (Å²) < 4.78 is 0.708. The highest BCUT2D eigenvalue weighted by molar-refractivity contribution is 9.10. The van der Waals surface area contributed by atoms with E-state index in [-0.39, 0.29) is 31.3 Å². The van der Waals surface area contributed by atoms with Gasteiger partial charge in [0.25, 0.3) is 11.8 Å². The van der Waals surface area contributed by atoms with Crippen molar-refractivity contribution >= 4 is 45.2 Å². The van der Waals surface area contributed by atoms with Crippen LogP contribution in [0.5, 0.6) is 0 Å². The average Bonchev–Trinajstić information content (AvgIpc) is 2.97. The number of hydrogen-bond acceptors (Lipinski definition) is 4. The number of aryl methyl sites for hydroxylation is 1. The monoisotopic (exact) mass is 485 g/mol. The Balaban J connectivity index is 1.61. The zero-order chi connectivity index (χ0) is 22.5. The van der Waals surface area contributed by atoms with E-state index in [9.17, 15) is 19.2 Å². The lowest BCUT2D eigenvalue weighted by Gasteiger charge is -2.23. The summed E-state index contributed by atoms with van der Waals surface area (Å²) in [7, 11) is 0. The van der Waals surface area contributed by atoms with Gasteiger partial charge in [0.05, 0.1) is 17.7 Å². The molecule has 31 heavy (non-hydrogen) atoms. The lowest BCUT2D eigenvalue weighted by molar-refractivity contribution is -0.134. The van der Waals surface area contributed by atoms with Gasteiger partial charge < -0.3 is 10.2 Å². The van der Waals surface area contributed by atoms with Gasteiger partial charge in [-0.05, 0) is 43.2 Å². The highest BCUT2D eigenvalue weighted by atomic mass is 79.9. The van der Waals surface area contributed by atoms with Crippen molar-refractivity contribution in [2.75, 3.05) is 25.0 Å². The Bertz CT molecular complexity index is 1040. The Morgan fingerprint density at radius 1 is 1.06 bits per heavy atom. The second kappa shape index (κ2) is 9.87. The Morgan fingerprint density at radius 2 is 1.77 bits per heavy atom. The molecule has 2 aromatic rings. The molecule has 3 rings (SSSR count). The van der Waals surface area contributed by atoms with E-state index in [0.29, 0.717) is 34.3 Å². The summed E-state index contributed by atoms with van der Waals surface area (Å²) in [6.45, 7) is 4.11. The van der Waals surface area contributed by atoms with Gasteiger partial charge in [0, 0.05) is 29.7 Å². The van der Waals surface area contributed by atoms with Gasteiger partial charge in [0.2, 0.25) is 11.8 Å². The number of imide groups is 1. The number of carbonyl (C=O) groups excluding carboxylic acids is 4. The molecule has 4 amide bonds. The third kappa shape index (κ3) is 5.19. The largest absolute Gasteiger partial charge is 0.333 e. The third-order valence-corrected chi connectivity index (χ3v) is 5.58. The summed E-state index contributed by atoms with van der Waals surface area (Å²) in [6.07, 6.45) is 0.648. The minimum Gasteiger partial charge on any atom is -0.333 e. The number of amides is 4. The lowest BCUT2D eigenvalue weighted by Crippen LogP contribution is -2.41. The number of nitrogens with zero attached hydrogens (tertiary/aromatic N) is 2. The van der Waals surface area contributed by atoms with Crippen molar-refractivity contribution in [3.05, 3.63) is 63.6 Å². The highest BCUT2D eigenvalue weighted by Crippen LogP contribution is 2.26. The van der Waals surface area contributed by atoms with E-state index in [1.807, 2.05) is 32.0 Å². The number of halogens is 1. The predicted octanol–water partition coefficient (Wildman–Crippen LogP) is 3.62. The van der Waals surface area contributed by atoms with Gasteiger partial charge in [-0.15, -0.1) is 0 Å². The predicted molar refractivity (Wildman–Crippen MR) is 121 cm³/mol. The number of nitrogens with one attached hydrogen (secondary N) is 1. The quantitative estimate of drug-likeness (QED) is 0.578. The Labute approximate surface area is 189 Å². The van der Waals surface area contributed by atoms with Crippen molar-refractivity contribution < 1.29 is 19.2 Å². The number of fused-ring (bicyclic) bond motifs is 1. The van der Waals surface area contributed by atoms with Gasteiger partial charge in [0.1, 0.15) is 0 Å². The minimum atomic E-state index is -0.409. The summed E-state index contributed by atoms with van der Waals surface area (Å²) >= 11 is 3.30. The summed E-state index contributed by atoms with van der Waals surface area (Å²) in [5.41, 5.74) is 2.30. The molecule has 1 N–H and O–H groups in total. The molecule has 8 heteroatoms. The summed E-state index contributed by atoms with van der Waals surface area (Å²) in [5.74, 6) is -1.38. The molecule has 0 bridgehead atoms. The van der Waals surface area contributed by atoms with Crippen LogP contribution >= 0.6 is 15.9 Å². The molecule has 1 heterocycles. The molecule has 1 aliphatic rings. The van der Waals surface area contributed by atoms with Gasteiger partial charge in [-0.1, -0.05) is 41.1 Å². The Hall–Kier alpha value is -3.00. The fourth-order valence-corrected chi connectivity index (χ4v) is 3.83. The number of rotatable bonds is 8. The van der Waals surface area contributed by atoms with Crippen LogP contribution in [0.1, 0.15) is 46.0 Å². The van der Waals surface area contributed by atoms with E-state index >= 15 is 0 Å². The van der Waals surface area contributed by atoms with Crippen LogP contribution in [0.25, 0.3) is 0 Å². The zero-order valence-electron chi connectivity index (χ0n) is 17.5. The van der Waals surface area contributed by atoms with Crippen molar-refractivity contribution in [3.63, 3.8) is 0 Å². The molecule has 0 unspecified atom stereocenters. The number of benzene rings is 2. The Morgan fingerprint density at radius 3 is 2.48 bits per heavy atom. The maximum absolute atomic E-state index is 12.8. The fourth-order valence-electron chi connectivity index (χ4n) is 3.47. The molecule has 0 aromatic heterocycles. The van der Waals surface area contributed by atoms with E-state index in [2.05, 4.69) is 21.2 Å². The van der Waals surface area contributed by atoms with Crippen LogP contribution in [0.4, 0.5) is 5.69 Å². The molecule has 1 aliphatic heterocycles. The van der Waals surface area contributed by atoms with Crippen molar-refractivity contribution in [1.82, 2.24) is 9.80 Å². The van der Waals surface area contributed by atoms with Gasteiger partial charge in [-0.2, -0.15) is 0 Å². The van der Waals surface area contributed by atoms with Crippen molar-refractivity contribution in [2.45, 2.75) is 26.7 Å². The average molecular weight is 486 g/mol. The van der Waals surface area contributed by atoms with E-state index in [1.165, 1.54) is 4.90 Å². The number of anilines is 1. The van der Waals surface area contributed by atoms with E-state index < -0.39 is 11.8 Å². The Kier molecular flexibility index (Phi) is 7.22. The van der Waals surface area contributed by atoms with Crippen molar-refractivity contribution in [3.8, 4) is 0 Å². The first-order valence-electron chi connectivity index (χ1n) is 10.1. The molecule has 162 valence electrons. The summed E-state index contributed by atoms with van der Waals surface area (Å²) in [6, 6.07) is 12.3.